The van der Waals surface area contributed by atoms with E-state index >= 15 is 0 Å². The van der Waals surface area contributed by atoms with Crippen molar-refractivity contribution in [3.05, 3.63) is 29.8 Å². The number of nitrogens with zero attached hydrogens (tertiary/aromatic N) is 1. The van der Waals surface area contributed by atoms with E-state index in [0.29, 0.717) is 0 Å². The molecule has 1 atom stereocenters. The summed E-state index contributed by atoms with van der Waals surface area (Å²) in [5.41, 5.74) is 0.841. The van der Waals surface area contributed by atoms with Crippen molar-refractivity contribution in [2.45, 2.75) is 6.04 Å². The fourth-order valence-electron chi connectivity index (χ4n) is 1.23. The minimum Gasteiger partial charge on any atom is -0.497 e. The standard InChI is InChI=1S/C12H16N2O3/c1-13-12(16)11(8-15)14-7-9-3-5-10(17-2)6-4-9/h3-7,11,15H,8H2,1-2H3,(H,13,16)/b14-7+/t11-/m0/s1. The van der Waals surface area contributed by atoms with Gasteiger partial charge in [-0.3, -0.25) is 9.79 Å². The molecule has 1 aromatic carbocycles. The van der Waals surface area contributed by atoms with Crippen LogP contribution < -0.4 is 10.1 Å². The Morgan fingerprint density at radius 3 is 2.65 bits per heavy atom. The maximum Gasteiger partial charge on any atom is 0.246 e. The number of ether oxygens (including phenoxy) is 1. The van der Waals surface area contributed by atoms with E-state index in [4.69, 9.17) is 9.84 Å². The molecule has 2 N–H and O–H groups in total. The summed E-state index contributed by atoms with van der Waals surface area (Å²) in [6.07, 6.45) is 1.55. The molecule has 5 heteroatoms. The Morgan fingerprint density at radius 2 is 2.18 bits per heavy atom. The summed E-state index contributed by atoms with van der Waals surface area (Å²) in [4.78, 5) is 15.3. The van der Waals surface area contributed by atoms with Gasteiger partial charge in [0.1, 0.15) is 5.75 Å². The summed E-state index contributed by atoms with van der Waals surface area (Å²) < 4.78 is 5.02. The first-order valence-corrected chi connectivity index (χ1v) is 5.21. The van der Waals surface area contributed by atoms with Crippen LogP contribution in [-0.4, -0.2) is 44.0 Å². The van der Waals surface area contributed by atoms with E-state index < -0.39 is 6.04 Å². The topological polar surface area (TPSA) is 70.9 Å². The number of benzene rings is 1. The second-order valence-electron chi connectivity index (χ2n) is 3.36. The molecule has 0 heterocycles. The molecule has 0 aliphatic rings. The number of hydrogen-bond donors (Lipinski definition) is 2. The molecule has 0 bridgehead atoms. The molecule has 0 spiro atoms. The maximum absolute atomic E-state index is 11.3. The summed E-state index contributed by atoms with van der Waals surface area (Å²) in [6, 6.07) is 6.48. The summed E-state index contributed by atoms with van der Waals surface area (Å²) in [6.45, 7) is -0.313. The lowest BCUT2D eigenvalue weighted by Crippen LogP contribution is -2.33. The third-order valence-electron chi connectivity index (χ3n) is 2.24. The number of aliphatic imine (C=N–C) groups is 1. The Bertz CT molecular complexity index is 387. The van der Waals surface area contributed by atoms with Gasteiger partial charge >= 0.3 is 0 Å². The van der Waals surface area contributed by atoms with Crippen molar-refractivity contribution >= 4 is 12.1 Å². The van der Waals surface area contributed by atoms with E-state index in [2.05, 4.69) is 10.3 Å². The van der Waals surface area contributed by atoms with Crippen LogP contribution in [0.5, 0.6) is 5.75 Å². The van der Waals surface area contributed by atoms with Crippen molar-refractivity contribution in [2.75, 3.05) is 20.8 Å². The monoisotopic (exact) mass is 236 g/mol. The van der Waals surface area contributed by atoms with Crippen LogP contribution in [0.1, 0.15) is 5.56 Å². The van der Waals surface area contributed by atoms with Gasteiger partial charge in [0.25, 0.3) is 0 Å². The number of aliphatic hydroxyl groups excluding tert-OH is 1. The van der Waals surface area contributed by atoms with Gasteiger partial charge in [-0.1, -0.05) is 0 Å². The number of amides is 1. The Balaban J connectivity index is 2.71. The molecule has 17 heavy (non-hydrogen) atoms. The van der Waals surface area contributed by atoms with Crippen molar-refractivity contribution in [3.63, 3.8) is 0 Å². The maximum atomic E-state index is 11.3. The van der Waals surface area contributed by atoms with Crippen molar-refractivity contribution in [3.8, 4) is 5.75 Å². The normalized spacial score (nSPS) is 12.4. The minimum atomic E-state index is -0.762. The molecule has 0 aliphatic heterocycles. The van der Waals surface area contributed by atoms with Crippen LogP contribution in [0.3, 0.4) is 0 Å². The minimum absolute atomic E-state index is 0.308. The van der Waals surface area contributed by atoms with E-state index in [1.165, 1.54) is 7.05 Å². The fourth-order valence-corrected chi connectivity index (χ4v) is 1.23. The largest absolute Gasteiger partial charge is 0.497 e. The Hall–Kier alpha value is -1.88. The first kappa shape index (κ1) is 13.2. The van der Waals surface area contributed by atoms with E-state index in [1.54, 1.807) is 25.5 Å². The summed E-state index contributed by atoms with van der Waals surface area (Å²) in [5, 5.41) is 11.4. The highest BCUT2D eigenvalue weighted by atomic mass is 16.5. The summed E-state index contributed by atoms with van der Waals surface area (Å²) in [5.74, 6) is 0.449. The average Bonchev–Trinajstić information content (AvgIpc) is 2.39. The third-order valence-corrected chi connectivity index (χ3v) is 2.24. The van der Waals surface area contributed by atoms with E-state index in [1.807, 2.05) is 12.1 Å². The lowest BCUT2D eigenvalue weighted by atomic mass is 10.2. The summed E-state index contributed by atoms with van der Waals surface area (Å²) >= 11 is 0. The zero-order chi connectivity index (χ0) is 12.7. The van der Waals surface area contributed by atoms with Gasteiger partial charge in [0.2, 0.25) is 5.91 Å². The van der Waals surface area contributed by atoms with Gasteiger partial charge in [-0.25, -0.2) is 0 Å². The van der Waals surface area contributed by atoms with Crippen molar-refractivity contribution in [2.24, 2.45) is 4.99 Å². The van der Waals surface area contributed by atoms with Crippen molar-refractivity contribution in [1.29, 1.82) is 0 Å². The van der Waals surface area contributed by atoms with Crippen LogP contribution in [-0.2, 0) is 4.79 Å². The molecule has 0 saturated carbocycles. The smallest absolute Gasteiger partial charge is 0.246 e. The number of carbonyl (C=O) groups is 1. The number of nitrogens with one attached hydrogen (secondary N) is 1. The Kier molecular flexibility index (Phi) is 5.16. The van der Waals surface area contributed by atoms with E-state index in [9.17, 15) is 4.79 Å². The highest BCUT2D eigenvalue weighted by Gasteiger charge is 2.12. The lowest BCUT2D eigenvalue weighted by molar-refractivity contribution is -0.122. The number of carbonyl (C=O) groups excluding carboxylic acids is 1. The van der Waals surface area contributed by atoms with Crippen LogP contribution in [0.4, 0.5) is 0 Å². The highest BCUT2D eigenvalue weighted by Crippen LogP contribution is 2.09. The van der Waals surface area contributed by atoms with E-state index in [-0.39, 0.29) is 12.5 Å². The van der Waals surface area contributed by atoms with Gasteiger partial charge in [-0.05, 0) is 29.8 Å². The molecular weight excluding hydrogens is 220 g/mol. The predicted octanol–water partition coefficient (Wildman–Crippen LogP) is 0.221. The average molecular weight is 236 g/mol. The number of likely N-dealkylation sites (N-methyl/N-ethyl adjacent to an activating group) is 1. The number of aliphatic hydroxyl groups is 1. The second kappa shape index (κ2) is 6.65. The van der Waals surface area contributed by atoms with Gasteiger partial charge in [-0.15, -0.1) is 0 Å². The Labute approximate surface area is 100 Å². The second-order valence-corrected chi connectivity index (χ2v) is 3.36. The van der Waals surface area contributed by atoms with Crippen LogP contribution in [0.15, 0.2) is 29.3 Å². The van der Waals surface area contributed by atoms with Crippen molar-refractivity contribution in [1.82, 2.24) is 5.32 Å². The molecule has 1 aromatic rings. The van der Waals surface area contributed by atoms with Crippen LogP contribution >= 0.6 is 0 Å². The number of methoxy groups -OCH3 is 1. The first-order valence-electron chi connectivity index (χ1n) is 5.21. The predicted molar refractivity (Wildman–Crippen MR) is 65.5 cm³/mol. The molecule has 0 fully saturated rings. The van der Waals surface area contributed by atoms with Crippen LogP contribution in [0.2, 0.25) is 0 Å². The fraction of sp³-hybridized carbons (Fsp3) is 0.333. The zero-order valence-corrected chi connectivity index (χ0v) is 9.88. The van der Waals surface area contributed by atoms with Gasteiger partial charge in [0, 0.05) is 13.3 Å². The quantitative estimate of drug-likeness (QED) is 0.718. The molecule has 1 amide bonds. The van der Waals surface area contributed by atoms with Gasteiger partial charge in [0.15, 0.2) is 6.04 Å². The SMILES string of the molecule is CNC(=O)[C@H](CO)/N=C/c1ccc(OC)cc1. The van der Waals surface area contributed by atoms with Gasteiger partial charge in [-0.2, -0.15) is 0 Å². The molecule has 0 aromatic heterocycles. The summed E-state index contributed by atoms with van der Waals surface area (Å²) in [7, 11) is 3.10. The molecule has 0 unspecified atom stereocenters. The lowest BCUT2D eigenvalue weighted by Gasteiger charge is -2.06. The molecule has 0 aliphatic carbocycles. The molecule has 92 valence electrons. The van der Waals surface area contributed by atoms with Gasteiger partial charge in [0.05, 0.1) is 13.7 Å². The zero-order valence-electron chi connectivity index (χ0n) is 9.88. The van der Waals surface area contributed by atoms with Crippen molar-refractivity contribution < 1.29 is 14.6 Å². The van der Waals surface area contributed by atoms with Gasteiger partial charge < -0.3 is 15.2 Å². The molecule has 0 radical (unpaired) electrons. The third kappa shape index (κ3) is 3.88. The number of rotatable bonds is 5. The van der Waals surface area contributed by atoms with Crippen LogP contribution in [0.25, 0.3) is 0 Å². The first-order chi connectivity index (χ1) is 8.21. The molecule has 0 saturated heterocycles. The van der Waals surface area contributed by atoms with E-state index in [0.717, 1.165) is 11.3 Å². The highest BCUT2D eigenvalue weighted by molar-refractivity contribution is 5.86. The molecule has 1 rings (SSSR count). The number of hydrogen-bond acceptors (Lipinski definition) is 4. The molecule has 5 nitrogen and oxygen atoms in total. The van der Waals surface area contributed by atoms with Crippen LogP contribution in [0, 0.1) is 0 Å². The Morgan fingerprint density at radius 1 is 1.53 bits per heavy atom. The molecular formula is C12H16N2O3.